The van der Waals surface area contributed by atoms with Crippen molar-refractivity contribution in [2.45, 2.75) is 20.8 Å². The van der Waals surface area contributed by atoms with Crippen molar-refractivity contribution in [2.75, 3.05) is 6.54 Å². The van der Waals surface area contributed by atoms with Gasteiger partial charge < -0.3 is 5.43 Å². The number of rotatable bonds is 2. The van der Waals surface area contributed by atoms with Gasteiger partial charge in [-0.1, -0.05) is 32.6 Å². The van der Waals surface area contributed by atoms with Crippen molar-refractivity contribution < 1.29 is 0 Å². The zero-order valence-electron chi connectivity index (χ0n) is 8.15. The van der Waals surface area contributed by atoms with Gasteiger partial charge in [-0.2, -0.15) is 0 Å². The molecule has 12 heavy (non-hydrogen) atoms. The zero-order valence-corrected chi connectivity index (χ0v) is 8.15. The summed E-state index contributed by atoms with van der Waals surface area (Å²) in [5.74, 6) is 0. The molecule has 1 rings (SSSR count). The van der Waals surface area contributed by atoms with E-state index in [1.165, 1.54) is 5.57 Å². The first kappa shape index (κ1) is 11.0. The standard InChI is InChI=1S/C8H12N2.C2H6/c1-3-5-8-7(4-2)6-9-10-8;1-2/h3-5,9-10H,2,6H2,1H3;1-2H3/b5-3-;. The van der Waals surface area contributed by atoms with Crippen LogP contribution in [0.1, 0.15) is 20.8 Å². The maximum atomic E-state index is 3.70. The van der Waals surface area contributed by atoms with Crippen LogP contribution in [-0.4, -0.2) is 6.54 Å². The van der Waals surface area contributed by atoms with Crippen molar-refractivity contribution in [3.8, 4) is 0 Å². The Morgan fingerprint density at radius 2 is 2.08 bits per heavy atom. The number of allylic oxidation sites excluding steroid dienone is 2. The minimum Gasteiger partial charge on any atom is -0.321 e. The van der Waals surface area contributed by atoms with Crippen molar-refractivity contribution >= 4 is 0 Å². The quantitative estimate of drug-likeness (QED) is 0.656. The minimum atomic E-state index is 0.864. The molecule has 0 aromatic heterocycles. The summed E-state index contributed by atoms with van der Waals surface area (Å²) in [4.78, 5) is 0. The predicted molar refractivity (Wildman–Crippen MR) is 54.5 cm³/mol. The maximum absolute atomic E-state index is 3.70. The second kappa shape index (κ2) is 6.68. The van der Waals surface area contributed by atoms with Crippen LogP contribution < -0.4 is 10.9 Å². The van der Waals surface area contributed by atoms with E-state index < -0.39 is 0 Å². The Balaban J connectivity index is 0.000000561. The highest BCUT2D eigenvalue weighted by Gasteiger charge is 2.05. The monoisotopic (exact) mass is 166 g/mol. The van der Waals surface area contributed by atoms with Crippen molar-refractivity contribution in [1.82, 2.24) is 10.9 Å². The van der Waals surface area contributed by atoms with Crippen LogP contribution in [0.15, 0.2) is 36.1 Å². The molecule has 1 aliphatic heterocycles. The molecule has 0 unspecified atom stereocenters. The van der Waals surface area contributed by atoms with E-state index in [-0.39, 0.29) is 0 Å². The molecule has 0 aliphatic carbocycles. The molecule has 0 atom stereocenters. The van der Waals surface area contributed by atoms with Crippen molar-refractivity contribution in [1.29, 1.82) is 0 Å². The Hall–Kier alpha value is -1.02. The second-order valence-electron chi connectivity index (χ2n) is 2.12. The maximum Gasteiger partial charge on any atom is 0.0529 e. The Labute approximate surface area is 75.0 Å². The number of nitrogens with one attached hydrogen (secondary N) is 2. The summed E-state index contributed by atoms with van der Waals surface area (Å²) < 4.78 is 0. The SMILES string of the molecule is C=CC1=C(/C=C\C)NNC1.CC. The van der Waals surface area contributed by atoms with Crippen molar-refractivity contribution in [2.24, 2.45) is 0 Å². The van der Waals surface area contributed by atoms with Gasteiger partial charge in [0.05, 0.1) is 5.70 Å². The first-order chi connectivity index (χ1) is 5.88. The highest BCUT2D eigenvalue weighted by atomic mass is 15.4. The number of hydrogen-bond acceptors (Lipinski definition) is 2. The molecule has 2 N–H and O–H groups in total. The van der Waals surface area contributed by atoms with Gasteiger partial charge in [-0.05, 0) is 18.6 Å². The lowest BCUT2D eigenvalue weighted by Crippen LogP contribution is -2.23. The van der Waals surface area contributed by atoms with E-state index in [1.807, 2.05) is 39.0 Å². The Kier molecular flexibility index (Phi) is 6.11. The molecule has 0 saturated carbocycles. The van der Waals surface area contributed by atoms with Crippen molar-refractivity contribution in [3.63, 3.8) is 0 Å². The average molecular weight is 166 g/mol. The molecule has 0 radical (unpaired) electrons. The summed E-state index contributed by atoms with van der Waals surface area (Å²) in [5.41, 5.74) is 8.38. The van der Waals surface area contributed by atoms with Gasteiger partial charge in [-0.15, -0.1) is 0 Å². The summed E-state index contributed by atoms with van der Waals surface area (Å²) in [6.45, 7) is 10.6. The van der Waals surface area contributed by atoms with Gasteiger partial charge in [0.1, 0.15) is 0 Å². The molecule has 68 valence electrons. The third-order valence-electron chi connectivity index (χ3n) is 1.43. The summed E-state index contributed by atoms with van der Waals surface area (Å²) in [7, 11) is 0. The van der Waals surface area contributed by atoms with Crippen LogP contribution in [0.3, 0.4) is 0 Å². The van der Waals surface area contributed by atoms with Crippen molar-refractivity contribution in [3.05, 3.63) is 36.1 Å². The normalized spacial score (nSPS) is 15.6. The van der Waals surface area contributed by atoms with Crippen LogP contribution in [-0.2, 0) is 0 Å². The molecule has 1 heterocycles. The Bertz CT molecular complexity index is 190. The lowest BCUT2D eigenvalue weighted by Gasteiger charge is -1.94. The molecule has 0 amide bonds. The van der Waals surface area contributed by atoms with E-state index in [0.29, 0.717) is 0 Å². The summed E-state index contributed by atoms with van der Waals surface area (Å²) in [5, 5.41) is 0. The number of hydrogen-bond donors (Lipinski definition) is 2. The van der Waals surface area contributed by atoms with E-state index in [2.05, 4.69) is 17.4 Å². The summed E-state index contributed by atoms with van der Waals surface area (Å²) in [6.07, 6.45) is 5.89. The van der Waals surface area contributed by atoms with Crippen LogP contribution in [0.4, 0.5) is 0 Å². The van der Waals surface area contributed by atoms with Gasteiger partial charge in [0.25, 0.3) is 0 Å². The molecule has 1 aliphatic rings. The van der Waals surface area contributed by atoms with E-state index in [0.717, 1.165) is 12.2 Å². The van der Waals surface area contributed by atoms with E-state index in [4.69, 9.17) is 0 Å². The molecule has 0 saturated heterocycles. The summed E-state index contributed by atoms with van der Waals surface area (Å²) >= 11 is 0. The Morgan fingerprint density at radius 3 is 2.58 bits per heavy atom. The second-order valence-corrected chi connectivity index (χ2v) is 2.12. The highest BCUT2D eigenvalue weighted by molar-refractivity contribution is 5.34. The average Bonchev–Trinajstić information content (AvgIpc) is 2.56. The fourth-order valence-corrected chi connectivity index (χ4v) is 0.908. The van der Waals surface area contributed by atoms with Gasteiger partial charge in [0.15, 0.2) is 0 Å². The number of hydrazine groups is 1. The smallest absolute Gasteiger partial charge is 0.0529 e. The molecule has 0 aromatic carbocycles. The van der Waals surface area contributed by atoms with E-state index in [1.54, 1.807) is 0 Å². The summed E-state index contributed by atoms with van der Waals surface area (Å²) in [6, 6.07) is 0. The minimum absolute atomic E-state index is 0.864. The van der Waals surface area contributed by atoms with Gasteiger partial charge in [-0.25, -0.2) is 5.43 Å². The fraction of sp³-hybridized carbons (Fsp3) is 0.400. The largest absolute Gasteiger partial charge is 0.321 e. The third kappa shape index (κ3) is 2.93. The Morgan fingerprint density at radius 1 is 1.42 bits per heavy atom. The molecule has 2 nitrogen and oxygen atoms in total. The van der Waals surface area contributed by atoms with Crippen LogP contribution in [0.2, 0.25) is 0 Å². The molecule has 0 aromatic rings. The molecular formula is C10H18N2. The van der Waals surface area contributed by atoms with Gasteiger partial charge in [-0.3, -0.25) is 0 Å². The third-order valence-corrected chi connectivity index (χ3v) is 1.43. The first-order valence-electron chi connectivity index (χ1n) is 4.35. The van der Waals surface area contributed by atoms with Crippen LogP contribution >= 0.6 is 0 Å². The zero-order chi connectivity index (χ0) is 9.40. The molecule has 2 heteroatoms. The van der Waals surface area contributed by atoms with Crippen LogP contribution in [0, 0.1) is 0 Å². The predicted octanol–water partition coefficient (Wildman–Crippen LogP) is 2.14. The van der Waals surface area contributed by atoms with Crippen LogP contribution in [0.25, 0.3) is 0 Å². The lowest BCUT2D eigenvalue weighted by molar-refractivity contribution is 0.708. The first-order valence-corrected chi connectivity index (χ1v) is 4.35. The molecule has 0 bridgehead atoms. The lowest BCUT2D eigenvalue weighted by atomic mass is 10.2. The molecule has 0 spiro atoms. The van der Waals surface area contributed by atoms with Crippen LogP contribution in [0.5, 0.6) is 0 Å². The van der Waals surface area contributed by atoms with Gasteiger partial charge >= 0.3 is 0 Å². The topological polar surface area (TPSA) is 24.1 Å². The van der Waals surface area contributed by atoms with E-state index in [9.17, 15) is 0 Å². The van der Waals surface area contributed by atoms with Gasteiger partial charge in [0.2, 0.25) is 0 Å². The fourth-order valence-electron chi connectivity index (χ4n) is 0.908. The molecule has 0 fully saturated rings. The van der Waals surface area contributed by atoms with E-state index >= 15 is 0 Å². The molecular weight excluding hydrogens is 148 g/mol. The highest BCUT2D eigenvalue weighted by Crippen LogP contribution is 2.06. The van der Waals surface area contributed by atoms with Gasteiger partial charge in [0, 0.05) is 6.54 Å².